The number of hydrogen-bond donors (Lipinski definition) is 0. The minimum atomic E-state index is -3.64. The monoisotopic (exact) mass is 342 g/mol. The summed E-state index contributed by atoms with van der Waals surface area (Å²) in [5, 5.41) is 0. The number of nitrogens with zero attached hydrogens (tertiary/aromatic N) is 2. The average Bonchev–Trinajstić information content (AvgIpc) is 3.37. The molecule has 2 aromatic rings. The summed E-state index contributed by atoms with van der Waals surface area (Å²) in [5.74, 6) is -0.0519. The minimum Gasteiger partial charge on any atom is -0.340 e. The third-order valence-corrected chi connectivity index (χ3v) is 7.44. The van der Waals surface area contributed by atoms with Crippen LogP contribution in [0.4, 0.5) is 0 Å². The van der Waals surface area contributed by atoms with Crippen molar-refractivity contribution < 1.29 is 13.2 Å². The van der Waals surface area contributed by atoms with Crippen LogP contribution in [0.25, 0.3) is 0 Å². The second kappa shape index (κ2) is 5.41. The highest BCUT2D eigenvalue weighted by Gasteiger charge is 2.63. The molecule has 2 heterocycles. The van der Waals surface area contributed by atoms with Crippen molar-refractivity contribution in [2.24, 2.45) is 0 Å². The van der Waals surface area contributed by atoms with Crippen LogP contribution in [0.5, 0.6) is 0 Å². The number of likely N-dealkylation sites (tertiary alicyclic amines) is 1. The number of rotatable bonds is 4. The molecular weight excluding hydrogens is 324 g/mol. The third-order valence-electron chi connectivity index (χ3n) is 4.94. The Morgan fingerprint density at radius 3 is 2.29 bits per heavy atom. The van der Waals surface area contributed by atoms with Crippen molar-refractivity contribution in [1.82, 2.24) is 9.88 Å². The molecule has 1 aromatic carbocycles. The molecule has 6 heteroatoms. The van der Waals surface area contributed by atoms with E-state index >= 15 is 0 Å². The Labute approximate surface area is 141 Å². The van der Waals surface area contributed by atoms with E-state index in [0.717, 1.165) is 5.69 Å². The molecule has 2 fully saturated rings. The van der Waals surface area contributed by atoms with E-state index in [9.17, 15) is 13.2 Å². The van der Waals surface area contributed by atoms with Crippen molar-refractivity contribution >= 4 is 15.7 Å². The zero-order valence-corrected chi connectivity index (χ0v) is 13.9. The predicted octanol–water partition coefficient (Wildman–Crippen LogP) is 2.01. The van der Waals surface area contributed by atoms with Gasteiger partial charge in [0.15, 0.2) is 14.6 Å². The van der Waals surface area contributed by atoms with Gasteiger partial charge in [0.25, 0.3) is 0 Å². The minimum absolute atomic E-state index is 0.199. The largest absolute Gasteiger partial charge is 0.340 e. The molecule has 0 spiro atoms. The highest BCUT2D eigenvalue weighted by Crippen LogP contribution is 2.49. The van der Waals surface area contributed by atoms with Gasteiger partial charge in [0.2, 0.25) is 5.91 Å². The van der Waals surface area contributed by atoms with Crippen LogP contribution in [0.2, 0.25) is 0 Å². The van der Waals surface area contributed by atoms with Gasteiger partial charge in [-0.05, 0) is 37.1 Å². The van der Waals surface area contributed by atoms with Crippen molar-refractivity contribution in [3.63, 3.8) is 0 Å². The molecule has 4 rings (SSSR count). The Morgan fingerprint density at radius 1 is 1.04 bits per heavy atom. The van der Waals surface area contributed by atoms with E-state index in [2.05, 4.69) is 4.98 Å². The van der Waals surface area contributed by atoms with E-state index in [1.807, 2.05) is 18.2 Å². The number of pyridine rings is 1. The van der Waals surface area contributed by atoms with Crippen LogP contribution in [0, 0.1) is 0 Å². The lowest BCUT2D eigenvalue weighted by molar-refractivity contribution is -0.136. The van der Waals surface area contributed by atoms with Gasteiger partial charge < -0.3 is 4.90 Å². The molecule has 0 unspecified atom stereocenters. The number of carbonyl (C=O) groups is 1. The number of aromatic nitrogens is 1. The zero-order chi connectivity index (χ0) is 16.8. The molecule has 1 aliphatic heterocycles. The predicted molar refractivity (Wildman–Crippen MR) is 89.2 cm³/mol. The summed E-state index contributed by atoms with van der Waals surface area (Å²) in [5.41, 5.74) is 0.956. The first-order valence-electron chi connectivity index (χ1n) is 8.05. The second-order valence-electron chi connectivity index (χ2n) is 6.47. The average molecular weight is 342 g/mol. The standard InChI is InChI=1S/C18H18N2O3S/c21-17(20-12-14(13-20)16-8-4-5-11-19-16)18(9-10-18)24(22,23)15-6-2-1-3-7-15/h1-8,11,14H,9-10,12-13H2. The van der Waals surface area contributed by atoms with Crippen LogP contribution >= 0.6 is 0 Å². The molecule has 2 aliphatic rings. The number of carbonyl (C=O) groups excluding carboxylic acids is 1. The maximum absolute atomic E-state index is 12.9. The van der Waals surface area contributed by atoms with Crippen LogP contribution in [0.15, 0.2) is 59.6 Å². The molecule has 1 aliphatic carbocycles. The molecule has 1 aromatic heterocycles. The van der Waals surface area contributed by atoms with Crippen molar-refractivity contribution in [1.29, 1.82) is 0 Å². The molecule has 0 atom stereocenters. The van der Waals surface area contributed by atoms with Gasteiger partial charge in [-0.2, -0.15) is 0 Å². The lowest BCUT2D eigenvalue weighted by Gasteiger charge is -2.40. The normalized spacial score (nSPS) is 19.6. The van der Waals surface area contributed by atoms with E-state index in [-0.39, 0.29) is 16.7 Å². The Balaban J connectivity index is 1.52. The Morgan fingerprint density at radius 2 is 1.71 bits per heavy atom. The topological polar surface area (TPSA) is 67.3 Å². The van der Waals surface area contributed by atoms with Crippen molar-refractivity contribution in [2.45, 2.75) is 28.4 Å². The third kappa shape index (κ3) is 2.24. The number of benzene rings is 1. The van der Waals surface area contributed by atoms with Crippen molar-refractivity contribution in [3.05, 3.63) is 60.4 Å². The van der Waals surface area contributed by atoms with E-state index in [1.54, 1.807) is 41.4 Å². The van der Waals surface area contributed by atoms with E-state index in [0.29, 0.717) is 25.9 Å². The molecule has 0 N–H and O–H groups in total. The van der Waals surface area contributed by atoms with Crippen LogP contribution in [-0.4, -0.2) is 42.0 Å². The highest BCUT2D eigenvalue weighted by atomic mass is 32.2. The maximum Gasteiger partial charge on any atom is 0.244 e. The van der Waals surface area contributed by atoms with Gasteiger partial charge >= 0.3 is 0 Å². The highest BCUT2D eigenvalue weighted by molar-refractivity contribution is 7.94. The fraction of sp³-hybridized carbons (Fsp3) is 0.333. The van der Waals surface area contributed by atoms with Gasteiger partial charge in [-0.15, -0.1) is 0 Å². The fourth-order valence-electron chi connectivity index (χ4n) is 3.27. The second-order valence-corrected chi connectivity index (χ2v) is 8.73. The first kappa shape index (κ1) is 15.3. The smallest absolute Gasteiger partial charge is 0.244 e. The van der Waals surface area contributed by atoms with Crippen LogP contribution in [0.1, 0.15) is 24.5 Å². The molecule has 124 valence electrons. The summed E-state index contributed by atoms with van der Waals surface area (Å²) in [4.78, 5) is 19.0. The maximum atomic E-state index is 12.9. The zero-order valence-electron chi connectivity index (χ0n) is 13.1. The van der Waals surface area contributed by atoms with Crippen LogP contribution < -0.4 is 0 Å². The molecule has 1 saturated carbocycles. The van der Waals surface area contributed by atoms with E-state index in [4.69, 9.17) is 0 Å². The Bertz CT molecular complexity index is 856. The summed E-state index contributed by atoms with van der Waals surface area (Å²) in [7, 11) is -3.64. The Kier molecular flexibility index (Phi) is 3.46. The summed E-state index contributed by atoms with van der Waals surface area (Å²) in [6.45, 7) is 1.09. The lowest BCUT2D eigenvalue weighted by Crippen LogP contribution is -2.54. The fourth-order valence-corrected chi connectivity index (χ4v) is 5.24. The Hall–Kier alpha value is -2.21. The van der Waals surface area contributed by atoms with Gasteiger partial charge in [-0.1, -0.05) is 24.3 Å². The van der Waals surface area contributed by atoms with E-state index < -0.39 is 14.6 Å². The van der Waals surface area contributed by atoms with Gasteiger partial charge in [-0.3, -0.25) is 9.78 Å². The van der Waals surface area contributed by atoms with Crippen LogP contribution in [-0.2, 0) is 14.6 Å². The summed E-state index contributed by atoms with van der Waals surface area (Å²) < 4.78 is 24.5. The van der Waals surface area contributed by atoms with E-state index in [1.165, 1.54) is 0 Å². The molecule has 5 nitrogen and oxygen atoms in total. The van der Waals surface area contributed by atoms with Crippen molar-refractivity contribution in [2.75, 3.05) is 13.1 Å². The summed E-state index contributed by atoms with van der Waals surface area (Å²) >= 11 is 0. The first-order chi connectivity index (χ1) is 11.5. The number of hydrogen-bond acceptors (Lipinski definition) is 4. The summed E-state index contributed by atoms with van der Waals surface area (Å²) in [6.07, 6.45) is 2.56. The van der Waals surface area contributed by atoms with Gasteiger partial charge in [0.05, 0.1) is 4.90 Å². The molecular formula is C18H18N2O3S. The SMILES string of the molecule is O=C(N1CC(c2ccccn2)C1)C1(S(=O)(=O)c2ccccc2)CC1. The van der Waals surface area contributed by atoms with Crippen LogP contribution in [0.3, 0.4) is 0 Å². The first-order valence-corrected chi connectivity index (χ1v) is 9.53. The number of sulfone groups is 1. The van der Waals surface area contributed by atoms with Gasteiger partial charge in [0, 0.05) is 30.9 Å². The summed E-state index contributed by atoms with van der Waals surface area (Å²) in [6, 6.07) is 14.0. The molecule has 0 radical (unpaired) electrons. The quantitative estimate of drug-likeness (QED) is 0.852. The molecule has 1 saturated heterocycles. The molecule has 1 amide bonds. The number of amides is 1. The van der Waals surface area contributed by atoms with Gasteiger partial charge in [-0.25, -0.2) is 8.42 Å². The molecule has 0 bridgehead atoms. The van der Waals surface area contributed by atoms with Gasteiger partial charge in [0.1, 0.15) is 0 Å². The molecule has 24 heavy (non-hydrogen) atoms. The van der Waals surface area contributed by atoms with Crippen molar-refractivity contribution in [3.8, 4) is 0 Å². The lowest BCUT2D eigenvalue weighted by atomic mass is 9.95.